The number of ether oxygens (including phenoxy) is 1. The number of carbonyl (C=O) groups is 1. The number of hydrogen-bond donors (Lipinski definition) is 1. The largest absolute Gasteiger partial charge is 0.468 e. The van der Waals surface area contributed by atoms with Gasteiger partial charge in [-0.2, -0.15) is 4.72 Å². The monoisotopic (exact) mass is 353 g/mol. The van der Waals surface area contributed by atoms with Gasteiger partial charge in [0.25, 0.3) is 0 Å². The minimum absolute atomic E-state index is 0.177. The van der Waals surface area contributed by atoms with Gasteiger partial charge in [-0.15, -0.1) is 0 Å². The Morgan fingerprint density at radius 3 is 2.21 bits per heavy atom. The van der Waals surface area contributed by atoms with Crippen molar-refractivity contribution in [3.8, 4) is 0 Å². The molecule has 1 saturated carbocycles. The van der Waals surface area contributed by atoms with E-state index in [-0.39, 0.29) is 10.8 Å². The van der Waals surface area contributed by atoms with E-state index < -0.39 is 22.0 Å². The molecule has 1 aromatic carbocycles. The molecule has 2 rings (SSSR count). The maximum absolute atomic E-state index is 12.5. The van der Waals surface area contributed by atoms with E-state index in [0.717, 1.165) is 0 Å². The summed E-state index contributed by atoms with van der Waals surface area (Å²) in [7, 11) is -2.50. The Labute approximate surface area is 144 Å². The maximum Gasteiger partial charge on any atom is 0.324 e. The predicted molar refractivity (Wildman–Crippen MR) is 93.2 cm³/mol. The Kier molecular flexibility index (Phi) is 6.40. The van der Waals surface area contributed by atoms with Gasteiger partial charge < -0.3 is 4.74 Å². The molecule has 0 aromatic heterocycles. The third-order valence-electron chi connectivity index (χ3n) is 4.67. The van der Waals surface area contributed by atoms with Crippen molar-refractivity contribution in [1.82, 2.24) is 4.72 Å². The Bertz CT molecular complexity index is 646. The molecule has 6 heteroatoms. The summed E-state index contributed by atoms with van der Waals surface area (Å²) in [5, 5.41) is 0. The maximum atomic E-state index is 12.5. The van der Waals surface area contributed by atoms with Crippen molar-refractivity contribution in [1.29, 1.82) is 0 Å². The number of esters is 1. The highest BCUT2D eigenvalue weighted by atomic mass is 32.2. The number of methoxy groups -OCH3 is 1. The van der Waals surface area contributed by atoms with Crippen LogP contribution in [-0.2, 0) is 19.6 Å². The fourth-order valence-corrected chi connectivity index (χ4v) is 4.51. The van der Waals surface area contributed by atoms with Crippen molar-refractivity contribution in [3.05, 3.63) is 29.8 Å². The minimum atomic E-state index is -3.76. The quantitative estimate of drug-likeness (QED) is 0.797. The Hall–Kier alpha value is -1.40. The van der Waals surface area contributed by atoms with Crippen LogP contribution in [0.3, 0.4) is 0 Å². The first-order valence-electron chi connectivity index (χ1n) is 8.55. The van der Waals surface area contributed by atoms with Gasteiger partial charge in [0.2, 0.25) is 10.0 Å². The van der Waals surface area contributed by atoms with E-state index in [1.807, 2.05) is 12.1 Å². The number of hydrogen-bond acceptors (Lipinski definition) is 4. The lowest BCUT2D eigenvalue weighted by Crippen LogP contribution is -2.44. The molecule has 0 unspecified atom stereocenters. The molecule has 1 aliphatic carbocycles. The second kappa shape index (κ2) is 8.12. The SMILES string of the molecule is COC(=O)[C@@H](NS(=O)(=O)c1ccc(C2CCCCC2)cc1)C(C)C. The zero-order valence-electron chi connectivity index (χ0n) is 14.6. The first kappa shape index (κ1) is 18.9. The third-order valence-corrected chi connectivity index (χ3v) is 6.13. The standard InChI is InChI=1S/C18H27NO4S/c1-13(2)17(18(20)23-3)19-24(21,22)16-11-9-15(10-12-16)14-7-5-4-6-8-14/h9-14,17,19H,4-8H2,1-3H3/t17-/m0/s1. The summed E-state index contributed by atoms with van der Waals surface area (Å²) < 4.78 is 32.2. The van der Waals surface area contributed by atoms with E-state index >= 15 is 0 Å². The molecule has 1 aliphatic rings. The van der Waals surface area contributed by atoms with Crippen molar-refractivity contribution >= 4 is 16.0 Å². The van der Waals surface area contributed by atoms with Crippen molar-refractivity contribution in [3.63, 3.8) is 0 Å². The zero-order chi connectivity index (χ0) is 17.7. The van der Waals surface area contributed by atoms with Crippen LogP contribution in [0.2, 0.25) is 0 Å². The molecule has 134 valence electrons. The Morgan fingerprint density at radius 2 is 1.71 bits per heavy atom. The first-order valence-corrected chi connectivity index (χ1v) is 10.0. The molecule has 1 fully saturated rings. The number of carbonyl (C=O) groups excluding carboxylic acids is 1. The topological polar surface area (TPSA) is 72.5 Å². The van der Waals surface area contributed by atoms with Crippen molar-refractivity contribution in [2.45, 2.75) is 62.8 Å². The highest BCUT2D eigenvalue weighted by molar-refractivity contribution is 7.89. The van der Waals surface area contributed by atoms with E-state index in [4.69, 9.17) is 0 Å². The number of sulfonamides is 1. The van der Waals surface area contributed by atoms with E-state index in [2.05, 4.69) is 9.46 Å². The van der Waals surface area contributed by atoms with E-state index in [1.165, 1.54) is 44.8 Å². The molecular formula is C18H27NO4S. The number of nitrogens with one attached hydrogen (secondary N) is 1. The molecule has 0 spiro atoms. The average molecular weight is 353 g/mol. The molecule has 0 bridgehead atoms. The first-order chi connectivity index (χ1) is 11.3. The lowest BCUT2D eigenvalue weighted by Gasteiger charge is -2.22. The van der Waals surface area contributed by atoms with Gasteiger partial charge in [0.15, 0.2) is 0 Å². The van der Waals surface area contributed by atoms with Crippen LogP contribution in [0.5, 0.6) is 0 Å². The molecule has 1 atom stereocenters. The van der Waals surface area contributed by atoms with Gasteiger partial charge in [-0.3, -0.25) is 4.79 Å². The van der Waals surface area contributed by atoms with Gasteiger partial charge >= 0.3 is 5.97 Å². The summed E-state index contributed by atoms with van der Waals surface area (Å²) in [5.74, 6) is -0.247. The van der Waals surface area contributed by atoms with Crippen LogP contribution in [0.25, 0.3) is 0 Å². The molecule has 0 aliphatic heterocycles. The van der Waals surface area contributed by atoms with Crippen LogP contribution in [0.15, 0.2) is 29.2 Å². The predicted octanol–water partition coefficient (Wildman–Crippen LogP) is 3.21. The fourth-order valence-electron chi connectivity index (χ4n) is 3.17. The number of benzene rings is 1. The van der Waals surface area contributed by atoms with Crippen LogP contribution in [-0.4, -0.2) is 27.5 Å². The normalized spacial score (nSPS) is 17.7. The van der Waals surface area contributed by atoms with Gasteiger partial charge in [-0.1, -0.05) is 45.2 Å². The second-order valence-corrected chi connectivity index (χ2v) is 8.48. The highest BCUT2D eigenvalue weighted by Crippen LogP contribution is 2.32. The van der Waals surface area contributed by atoms with Crippen LogP contribution in [0.4, 0.5) is 0 Å². The van der Waals surface area contributed by atoms with Gasteiger partial charge in [-0.25, -0.2) is 8.42 Å². The smallest absolute Gasteiger partial charge is 0.324 e. The molecule has 0 saturated heterocycles. The molecule has 0 radical (unpaired) electrons. The summed E-state index contributed by atoms with van der Waals surface area (Å²) in [6.45, 7) is 3.55. The second-order valence-electron chi connectivity index (χ2n) is 6.77. The molecule has 24 heavy (non-hydrogen) atoms. The Morgan fingerprint density at radius 1 is 1.12 bits per heavy atom. The average Bonchev–Trinajstić information content (AvgIpc) is 2.59. The fraction of sp³-hybridized carbons (Fsp3) is 0.611. The third kappa shape index (κ3) is 4.57. The van der Waals surface area contributed by atoms with E-state index in [1.54, 1.807) is 26.0 Å². The molecular weight excluding hydrogens is 326 g/mol. The summed E-state index contributed by atoms with van der Waals surface area (Å²) >= 11 is 0. The molecule has 0 amide bonds. The van der Waals surface area contributed by atoms with Crippen LogP contribution in [0, 0.1) is 5.92 Å². The van der Waals surface area contributed by atoms with Crippen molar-refractivity contribution in [2.75, 3.05) is 7.11 Å². The molecule has 1 aromatic rings. The molecule has 5 nitrogen and oxygen atoms in total. The summed E-state index contributed by atoms with van der Waals surface area (Å²) in [4.78, 5) is 12.0. The lowest BCUT2D eigenvalue weighted by molar-refractivity contribution is -0.143. The van der Waals surface area contributed by atoms with Gasteiger partial charge in [0, 0.05) is 0 Å². The zero-order valence-corrected chi connectivity index (χ0v) is 15.4. The van der Waals surface area contributed by atoms with Crippen LogP contribution < -0.4 is 4.72 Å². The molecule has 0 heterocycles. The van der Waals surface area contributed by atoms with Crippen molar-refractivity contribution < 1.29 is 17.9 Å². The van der Waals surface area contributed by atoms with E-state index in [0.29, 0.717) is 5.92 Å². The van der Waals surface area contributed by atoms with E-state index in [9.17, 15) is 13.2 Å². The van der Waals surface area contributed by atoms with Crippen molar-refractivity contribution in [2.24, 2.45) is 5.92 Å². The minimum Gasteiger partial charge on any atom is -0.468 e. The van der Waals surface area contributed by atoms with Gasteiger partial charge in [0.05, 0.1) is 12.0 Å². The van der Waals surface area contributed by atoms with Gasteiger partial charge in [0.1, 0.15) is 6.04 Å². The summed E-state index contributed by atoms with van der Waals surface area (Å²) in [6, 6.07) is 6.15. The Balaban J connectivity index is 2.15. The van der Waals surface area contributed by atoms with Gasteiger partial charge in [-0.05, 0) is 42.4 Å². The van der Waals surface area contributed by atoms with Crippen LogP contribution in [0.1, 0.15) is 57.4 Å². The molecule has 1 N–H and O–H groups in total. The summed E-state index contributed by atoms with van der Waals surface area (Å²) in [6.07, 6.45) is 6.10. The summed E-state index contributed by atoms with van der Waals surface area (Å²) in [5.41, 5.74) is 1.20. The number of rotatable bonds is 6. The van der Waals surface area contributed by atoms with Crippen LogP contribution >= 0.6 is 0 Å². The lowest BCUT2D eigenvalue weighted by atomic mass is 9.84. The highest BCUT2D eigenvalue weighted by Gasteiger charge is 2.29.